The Hall–Kier alpha value is -6.36. The third-order valence-corrected chi connectivity index (χ3v) is 9.07. The molecule has 0 atom stereocenters. The Morgan fingerprint density at radius 1 is 0.655 bits per heavy atom. The van der Waals surface area contributed by atoms with Gasteiger partial charge in [0.1, 0.15) is 24.2 Å². The summed E-state index contributed by atoms with van der Waals surface area (Å²) in [6, 6.07) is 16.5. The van der Waals surface area contributed by atoms with Crippen LogP contribution < -0.4 is 44.8 Å². The molecule has 0 radical (unpaired) electrons. The number of benzene rings is 4. The number of rotatable bonds is 10. The summed E-state index contributed by atoms with van der Waals surface area (Å²) in [5, 5.41) is 9.73. The largest absolute Gasteiger partial charge is 0.493 e. The van der Waals surface area contributed by atoms with Gasteiger partial charge in [0.25, 0.3) is 0 Å². The van der Waals surface area contributed by atoms with Gasteiger partial charge < -0.3 is 39.5 Å². The minimum absolute atomic E-state index is 0.292. The number of nitrogens with zero attached hydrogens (tertiary/aromatic N) is 5. The SMILES string of the molecule is COc1cc2ncnc(Oc3ccc(N)cc3Cl)c2cc1OC.COc1cc2ncnc(Oc3ccc(NC(=O)Nc4nc(C)cs4)cc3Cl)c2cc1OC. The van der Waals surface area contributed by atoms with Crippen molar-refractivity contribution in [3.63, 3.8) is 0 Å². The topological polar surface area (TPSA) is 187 Å². The predicted octanol–water partition coefficient (Wildman–Crippen LogP) is 9.18. The van der Waals surface area contributed by atoms with Crippen LogP contribution in [0.25, 0.3) is 21.8 Å². The number of methoxy groups -OCH3 is 4. The van der Waals surface area contributed by atoms with Gasteiger partial charge in [-0.1, -0.05) is 23.2 Å². The average molecular weight is 804 g/mol. The van der Waals surface area contributed by atoms with Gasteiger partial charge in [-0.2, -0.15) is 0 Å². The smallest absolute Gasteiger partial charge is 0.325 e. The third kappa shape index (κ3) is 9.06. The van der Waals surface area contributed by atoms with Gasteiger partial charge in [-0.25, -0.2) is 29.7 Å². The molecule has 0 unspecified atom stereocenters. The van der Waals surface area contributed by atoms with Gasteiger partial charge in [0.15, 0.2) is 28.1 Å². The molecule has 0 saturated carbocycles. The number of amides is 2. The second-order valence-corrected chi connectivity index (χ2v) is 12.9. The van der Waals surface area contributed by atoms with Gasteiger partial charge in [-0.3, -0.25) is 5.32 Å². The van der Waals surface area contributed by atoms with E-state index < -0.39 is 6.03 Å². The number of urea groups is 1. The Morgan fingerprint density at radius 3 is 1.64 bits per heavy atom. The maximum atomic E-state index is 12.2. The molecular formula is C37H32Cl2N8O7S. The van der Waals surface area contributed by atoms with Crippen molar-refractivity contribution in [1.82, 2.24) is 24.9 Å². The van der Waals surface area contributed by atoms with Crippen molar-refractivity contribution in [1.29, 1.82) is 0 Å². The molecule has 0 aliphatic heterocycles. The van der Waals surface area contributed by atoms with E-state index in [0.717, 1.165) is 5.69 Å². The summed E-state index contributed by atoms with van der Waals surface area (Å²) in [4.78, 5) is 33.2. The molecule has 0 aliphatic carbocycles. The van der Waals surface area contributed by atoms with E-state index >= 15 is 0 Å². The second-order valence-electron chi connectivity index (χ2n) is 11.2. The minimum atomic E-state index is -0.424. The zero-order chi connectivity index (χ0) is 39.1. The summed E-state index contributed by atoms with van der Waals surface area (Å²) in [5.41, 5.74) is 8.86. The molecule has 0 saturated heterocycles. The first-order valence-electron chi connectivity index (χ1n) is 16.0. The summed E-state index contributed by atoms with van der Waals surface area (Å²) < 4.78 is 33.0. The second kappa shape index (κ2) is 17.2. The number of anilines is 3. The van der Waals surface area contributed by atoms with Crippen molar-refractivity contribution in [2.24, 2.45) is 0 Å². The highest BCUT2D eigenvalue weighted by atomic mass is 35.5. The van der Waals surface area contributed by atoms with Crippen molar-refractivity contribution >= 4 is 78.9 Å². The van der Waals surface area contributed by atoms with Crippen LogP contribution in [0.5, 0.6) is 46.3 Å². The van der Waals surface area contributed by atoms with E-state index in [-0.39, 0.29) is 0 Å². The molecule has 15 nitrogen and oxygen atoms in total. The number of aryl methyl sites for hydroxylation is 1. The predicted molar refractivity (Wildman–Crippen MR) is 212 cm³/mol. The number of hydrogen-bond donors (Lipinski definition) is 3. The number of halogens is 2. The Morgan fingerprint density at radius 2 is 1.16 bits per heavy atom. The average Bonchev–Trinajstić information content (AvgIpc) is 3.59. The van der Waals surface area contributed by atoms with Crippen molar-refractivity contribution in [3.8, 4) is 46.3 Å². The molecule has 7 rings (SSSR count). The van der Waals surface area contributed by atoms with E-state index in [1.54, 1.807) is 89.1 Å². The third-order valence-electron chi connectivity index (χ3n) is 7.61. The highest BCUT2D eigenvalue weighted by Crippen LogP contribution is 2.39. The first-order chi connectivity index (χ1) is 26.6. The standard InChI is InChI=1S/C21H18ClN5O4S.C16H14ClN3O3/c1-11-9-32-21(25-11)27-20(28)26-12-4-5-16(14(22)6-12)31-19-13-7-17(29-2)18(30-3)8-15(13)23-10-24-19;1-21-14-6-10-12(7-15(14)22-2)19-8-20-16(10)23-13-4-3-9(18)5-11(13)17/h4-10H,1-3H3,(H2,25,26,27,28);3-8H,18H2,1-2H3. The molecule has 4 N–H and O–H groups in total. The van der Waals surface area contributed by atoms with Gasteiger partial charge in [-0.15, -0.1) is 11.3 Å². The van der Waals surface area contributed by atoms with Crippen LogP contribution in [0.15, 0.2) is 78.7 Å². The monoisotopic (exact) mass is 802 g/mol. The number of nitrogen functional groups attached to an aromatic ring is 1. The van der Waals surface area contributed by atoms with E-state index in [0.29, 0.717) is 94.6 Å². The number of carbonyl (C=O) groups excluding carboxylic acids is 1. The van der Waals surface area contributed by atoms with Crippen LogP contribution in [0.2, 0.25) is 10.0 Å². The minimum Gasteiger partial charge on any atom is -0.493 e. The van der Waals surface area contributed by atoms with Crippen LogP contribution in [-0.2, 0) is 0 Å². The van der Waals surface area contributed by atoms with Crippen LogP contribution in [0.4, 0.5) is 21.3 Å². The van der Waals surface area contributed by atoms with E-state index in [1.807, 2.05) is 12.3 Å². The van der Waals surface area contributed by atoms with Gasteiger partial charge in [0.05, 0.1) is 66.0 Å². The van der Waals surface area contributed by atoms with Crippen LogP contribution in [0.1, 0.15) is 5.69 Å². The van der Waals surface area contributed by atoms with Gasteiger partial charge in [-0.05, 0) is 55.5 Å². The van der Waals surface area contributed by atoms with Crippen molar-refractivity contribution < 1.29 is 33.2 Å². The number of thiazole rings is 1. The maximum absolute atomic E-state index is 12.2. The number of ether oxygens (including phenoxy) is 6. The Kier molecular flexibility index (Phi) is 12.0. The fourth-order valence-electron chi connectivity index (χ4n) is 5.02. The normalized spacial score (nSPS) is 10.6. The lowest BCUT2D eigenvalue weighted by molar-refractivity contribution is 0.262. The van der Waals surface area contributed by atoms with Crippen LogP contribution in [-0.4, -0.2) is 59.4 Å². The molecule has 55 heavy (non-hydrogen) atoms. The molecule has 3 aromatic heterocycles. The molecule has 0 bridgehead atoms. The van der Waals surface area contributed by atoms with E-state index in [9.17, 15) is 4.79 Å². The number of carbonyl (C=O) groups is 1. The lowest BCUT2D eigenvalue weighted by atomic mass is 10.2. The Balaban J connectivity index is 0.000000197. The maximum Gasteiger partial charge on any atom is 0.325 e. The molecule has 4 aromatic carbocycles. The number of hydrogen-bond acceptors (Lipinski definition) is 14. The van der Waals surface area contributed by atoms with E-state index in [1.165, 1.54) is 24.0 Å². The molecule has 0 spiro atoms. The molecule has 2 amide bonds. The summed E-state index contributed by atoms with van der Waals surface area (Å²) in [5.74, 6) is 3.69. The molecule has 0 aliphatic rings. The van der Waals surface area contributed by atoms with Crippen LogP contribution >= 0.6 is 34.5 Å². The fraction of sp³-hybridized carbons (Fsp3) is 0.135. The van der Waals surface area contributed by atoms with E-state index in [4.69, 9.17) is 57.4 Å². The molecule has 0 fully saturated rings. The molecule has 7 aromatic rings. The summed E-state index contributed by atoms with van der Waals surface area (Å²) in [6.07, 6.45) is 2.80. The molecule has 18 heteroatoms. The molecular weight excluding hydrogens is 771 g/mol. The zero-order valence-corrected chi connectivity index (χ0v) is 32.2. The fourth-order valence-corrected chi connectivity index (χ4v) is 6.15. The van der Waals surface area contributed by atoms with Crippen LogP contribution in [0.3, 0.4) is 0 Å². The number of aromatic nitrogens is 5. The van der Waals surface area contributed by atoms with Crippen LogP contribution in [0, 0.1) is 6.92 Å². The van der Waals surface area contributed by atoms with Gasteiger partial charge in [0, 0.05) is 28.9 Å². The quantitative estimate of drug-likeness (QED) is 0.111. The number of nitrogens with two attached hydrogens (primary N) is 1. The number of fused-ring (bicyclic) bond motifs is 2. The van der Waals surface area contributed by atoms with E-state index in [2.05, 4.69) is 35.6 Å². The van der Waals surface area contributed by atoms with Crippen molar-refractivity contribution in [2.75, 3.05) is 44.8 Å². The number of nitrogens with one attached hydrogen (secondary N) is 2. The molecule has 3 heterocycles. The van der Waals surface area contributed by atoms with Crippen molar-refractivity contribution in [2.45, 2.75) is 6.92 Å². The molecule has 282 valence electrons. The van der Waals surface area contributed by atoms with Gasteiger partial charge in [0.2, 0.25) is 11.8 Å². The lowest BCUT2D eigenvalue weighted by Gasteiger charge is -2.13. The first kappa shape index (κ1) is 38.4. The van der Waals surface area contributed by atoms with Crippen molar-refractivity contribution in [3.05, 3.63) is 94.4 Å². The highest BCUT2D eigenvalue weighted by Gasteiger charge is 2.16. The summed E-state index contributed by atoms with van der Waals surface area (Å²) >= 11 is 13.9. The zero-order valence-electron chi connectivity index (χ0n) is 29.8. The Labute approximate surface area is 328 Å². The first-order valence-corrected chi connectivity index (χ1v) is 17.7. The summed E-state index contributed by atoms with van der Waals surface area (Å²) in [7, 11) is 6.22. The lowest BCUT2D eigenvalue weighted by Crippen LogP contribution is -2.19. The summed E-state index contributed by atoms with van der Waals surface area (Å²) in [6.45, 7) is 1.85. The van der Waals surface area contributed by atoms with Gasteiger partial charge >= 0.3 is 6.03 Å². The Bertz CT molecular complexity index is 2510. The highest BCUT2D eigenvalue weighted by molar-refractivity contribution is 7.13.